The van der Waals surface area contributed by atoms with E-state index in [0.717, 1.165) is 35.1 Å². The van der Waals surface area contributed by atoms with Gasteiger partial charge in [-0.2, -0.15) is 0 Å². The molecule has 11 heteroatoms. The number of carbonyl (C=O) groups excluding carboxylic acids is 1. The van der Waals surface area contributed by atoms with Crippen molar-refractivity contribution in [2.45, 2.75) is 12.5 Å². The Morgan fingerprint density at radius 3 is 2.93 bits per heavy atom. The number of rotatable bonds is 4. The molecule has 2 aromatic rings. The van der Waals surface area contributed by atoms with Crippen molar-refractivity contribution in [2.75, 3.05) is 20.2 Å². The Morgan fingerprint density at radius 1 is 1.52 bits per heavy atom. The Hall–Kier alpha value is -1.98. The lowest BCUT2D eigenvalue weighted by atomic mass is 10.1. The third kappa shape index (κ3) is 5.34. The third-order valence-electron chi connectivity index (χ3n) is 4.24. The number of benzene rings is 1. The molecule has 3 N–H and O–H groups in total. The van der Waals surface area contributed by atoms with Gasteiger partial charge in [-0.15, -0.1) is 11.3 Å². The molecule has 3 heterocycles. The number of nitrogens with zero attached hydrogens (tertiary/aromatic N) is 3. The molecule has 0 spiro atoms. The fraction of sp³-hybridized carbons (Fsp3) is 0.278. The van der Waals surface area contributed by atoms with E-state index in [0.29, 0.717) is 23.7 Å². The first-order chi connectivity index (χ1) is 14.0. The van der Waals surface area contributed by atoms with Crippen molar-refractivity contribution < 1.29 is 13.9 Å². The first kappa shape index (κ1) is 21.7. The lowest BCUT2D eigenvalue weighted by molar-refractivity contribution is -0.136. The number of fused-ring (bicyclic) bond motifs is 1. The molecule has 0 saturated carbocycles. The summed E-state index contributed by atoms with van der Waals surface area (Å²) in [5.74, 6) is 0.203. The summed E-state index contributed by atoms with van der Waals surface area (Å²) in [6.45, 7) is 1.04. The molecule has 2 aliphatic rings. The minimum absolute atomic E-state index is 0.165. The molecule has 154 valence electrons. The average molecular weight is 456 g/mol. The van der Waals surface area contributed by atoms with Gasteiger partial charge in [0.15, 0.2) is 10.8 Å². The van der Waals surface area contributed by atoms with Crippen molar-refractivity contribution in [3.8, 4) is 0 Å². The highest BCUT2D eigenvalue weighted by molar-refractivity contribution is 7.95. The van der Waals surface area contributed by atoms with Crippen LogP contribution >= 0.6 is 35.1 Å². The fourth-order valence-electron chi connectivity index (χ4n) is 3.03. The van der Waals surface area contributed by atoms with Gasteiger partial charge >= 0.3 is 5.97 Å². The molecular weight excluding hydrogens is 437 g/mol. The summed E-state index contributed by atoms with van der Waals surface area (Å²) in [6.07, 6.45) is 2.47. The standard InChI is InChI=1S/C12H15N5O2S2.C6H4ClF/c1-19-12(18)8-5-15-10(11-14-2-3-20-11)17-6-7(16-21-13)4-9(8)17;7-5-2-1-3-6(8)4-5/h2-3,7,16H,4-6,13H2,1H3;1-4H. The number of aliphatic imine (C=N–C) groups is 1. The van der Waals surface area contributed by atoms with E-state index >= 15 is 0 Å². The Balaban J connectivity index is 0.000000252. The molecule has 1 atom stereocenters. The van der Waals surface area contributed by atoms with Gasteiger partial charge in [-0.25, -0.2) is 18.9 Å². The zero-order valence-electron chi connectivity index (χ0n) is 15.5. The number of amidine groups is 1. The molecule has 1 aromatic heterocycles. The minimum Gasteiger partial charge on any atom is -0.466 e. The first-order valence-corrected chi connectivity index (χ1v) is 10.7. The maximum atomic E-state index is 12.1. The molecule has 1 unspecified atom stereocenters. The van der Waals surface area contributed by atoms with Crippen LogP contribution in [-0.2, 0) is 9.53 Å². The van der Waals surface area contributed by atoms with Crippen LogP contribution in [0.25, 0.3) is 0 Å². The molecule has 1 saturated heterocycles. The number of carbonyl (C=O) groups is 1. The van der Waals surface area contributed by atoms with Crippen molar-refractivity contribution in [3.05, 3.63) is 63.0 Å². The molecule has 0 radical (unpaired) electrons. The summed E-state index contributed by atoms with van der Waals surface area (Å²) in [6, 6.07) is 5.98. The Kier molecular flexibility index (Phi) is 7.62. The number of nitrogens with one attached hydrogen (secondary N) is 1. The molecule has 1 fully saturated rings. The molecule has 2 aliphatic heterocycles. The first-order valence-electron chi connectivity index (χ1n) is 8.58. The number of aromatic nitrogens is 1. The van der Waals surface area contributed by atoms with Gasteiger partial charge in [-0.05, 0) is 18.2 Å². The second-order valence-corrected chi connectivity index (χ2v) is 7.88. The van der Waals surface area contributed by atoms with E-state index in [1.54, 1.807) is 18.3 Å². The lowest BCUT2D eigenvalue weighted by Gasteiger charge is -2.26. The highest BCUT2D eigenvalue weighted by Crippen LogP contribution is 2.31. The summed E-state index contributed by atoms with van der Waals surface area (Å²) in [5.41, 5.74) is 1.57. The molecule has 4 rings (SSSR count). The molecular formula is C18H19ClFN5O2S2. The predicted octanol–water partition coefficient (Wildman–Crippen LogP) is 3.00. The SMILES string of the molecule is COC(=O)C1=C2CC(NSN)CN2C(c2nccs2)=NC1.Fc1cccc(Cl)c1. The van der Waals surface area contributed by atoms with Crippen LogP contribution in [0.2, 0.25) is 5.02 Å². The van der Waals surface area contributed by atoms with E-state index in [1.807, 2.05) is 10.3 Å². The highest BCUT2D eigenvalue weighted by Gasteiger charge is 2.37. The average Bonchev–Trinajstić information content (AvgIpc) is 3.37. The second-order valence-electron chi connectivity index (χ2n) is 6.08. The third-order valence-corrected chi connectivity index (χ3v) is 5.71. The number of methoxy groups -OCH3 is 1. The monoisotopic (exact) mass is 455 g/mol. The zero-order valence-corrected chi connectivity index (χ0v) is 17.9. The number of ether oxygens (including phenoxy) is 1. The van der Waals surface area contributed by atoms with Crippen LogP contribution in [0.3, 0.4) is 0 Å². The summed E-state index contributed by atoms with van der Waals surface area (Å²) in [7, 11) is 1.39. The Morgan fingerprint density at radius 2 is 2.34 bits per heavy atom. The number of hydrogen-bond donors (Lipinski definition) is 2. The Bertz CT molecular complexity index is 905. The van der Waals surface area contributed by atoms with Crippen molar-refractivity contribution in [2.24, 2.45) is 10.1 Å². The van der Waals surface area contributed by atoms with Crippen molar-refractivity contribution >= 4 is 46.9 Å². The van der Waals surface area contributed by atoms with Crippen molar-refractivity contribution in [1.82, 2.24) is 14.6 Å². The van der Waals surface area contributed by atoms with Gasteiger partial charge in [0.05, 0.1) is 19.2 Å². The van der Waals surface area contributed by atoms with Gasteiger partial charge in [-0.1, -0.05) is 17.7 Å². The van der Waals surface area contributed by atoms with Crippen LogP contribution in [0.1, 0.15) is 11.4 Å². The number of nitrogens with two attached hydrogens (primary N) is 1. The molecule has 0 aliphatic carbocycles. The van der Waals surface area contributed by atoms with E-state index in [2.05, 4.69) is 14.7 Å². The fourth-order valence-corrected chi connectivity index (χ4v) is 4.21. The van der Waals surface area contributed by atoms with Crippen molar-refractivity contribution in [3.63, 3.8) is 0 Å². The van der Waals surface area contributed by atoms with Crippen LogP contribution in [0.5, 0.6) is 0 Å². The molecule has 0 bridgehead atoms. The summed E-state index contributed by atoms with van der Waals surface area (Å²) in [4.78, 5) is 22.8. The minimum atomic E-state index is -0.321. The van der Waals surface area contributed by atoms with Gasteiger partial charge in [0.2, 0.25) is 0 Å². The smallest absolute Gasteiger partial charge is 0.337 e. The maximum Gasteiger partial charge on any atom is 0.337 e. The summed E-state index contributed by atoms with van der Waals surface area (Å²) >= 11 is 8.03. The summed E-state index contributed by atoms with van der Waals surface area (Å²) < 4.78 is 20.1. The van der Waals surface area contributed by atoms with E-state index < -0.39 is 0 Å². The molecule has 1 aromatic carbocycles. The van der Waals surface area contributed by atoms with Gasteiger partial charge in [0.1, 0.15) is 5.82 Å². The van der Waals surface area contributed by atoms with Crippen LogP contribution in [0.4, 0.5) is 4.39 Å². The van der Waals surface area contributed by atoms with Crippen LogP contribution in [0.15, 0.2) is 52.1 Å². The van der Waals surface area contributed by atoms with Crippen LogP contribution in [-0.4, -0.2) is 47.9 Å². The van der Waals surface area contributed by atoms with Gasteiger partial charge < -0.3 is 9.64 Å². The molecule has 0 amide bonds. The quantitative estimate of drug-likeness (QED) is 0.540. The number of halogens is 2. The van der Waals surface area contributed by atoms with Gasteiger partial charge in [0.25, 0.3) is 0 Å². The summed E-state index contributed by atoms with van der Waals surface area (Å²) in [5, 5.41) is 8.70. The maximum absolute atomic E-state index is 12.1. The highest BCUT2D eigenvalue weighted by atomic mass is 35.5. The number of hydrogen-bond acceptors (Lipinski definition) is 9. The molecule has 7 nitrogen and oxygen atoms in total. The van der Waals surface area contributed by atoms with E-state index in [1.165, 1.54) is 30.6 Å². The topological polar surface area (TPSA) is 92.8 Å². The van der Waals surface area contributed by atoms with Crippen LogP contribution < -0.4 is 9.86 Å². The zero-order chi connectivity index (χ0) is 20.8. The van der Waals surface area contributed by atoms with Gasteiger partial charge in [0, 0.05) is 53.4 Å². The largest absolute Gasteiger partial charge is 0.466 e. The van der Waals surface area contributed by atoms with Crippen LogP contribution in [0, 0.1) is 5.82 Å². The van der Waals surface area contributed by atoms with E-state index in [4.69, 9.17) is 21.5 Å². The van der Waals surface area contributed by atoms with Crippen molar-refractivity contribution in [1.29, 1.82) is 0 Å². The number of thiazole rings is 1. The van der Waals surface area contributed by atoms with E-state index in [9.17, 15) is 9.18 Å². The Labute approximate surface area is 181 Å². The second kappa shape index (κ2) is 10.2. The van der Waals surface area contributed by atoms with Gasteiger partial charge in [-0.3, -0.25) is 10.1 Å². The predicted molar refractivity (Wildman–Crippen MR) is 114 cm³/mol. The van der Waals surface area contributed by atoms with E-state index in [-0.39, 0.29) is 17.8 Å². The lowest BCUT2D eigenvalue weighted by Crippen LogP contribution is -2.36. The molecule has 29 heavy (non-hydrogen) atoms. The normalized spacial score (nSPS) is 18.0. The number of esters is 1.